The van der Waals surface area contributed by atoms with E-state index in [1.54, 1.807) is 25.7 Å². The lowest BCUT2D eigenvalue weighted by molar-refractivity contribution is -0.145. The summed E-state index contributed by atoms with van der Waals surface area (Å²) in [4.78, 5) is 43.0. The van der Waals surface area contributed by atoms with Crippen LogP contribution in [0.3, 0.4) is 0 Å². The summed E-state index contributed by atoms with van der Waals surface area (Å²) in [5.74, 6) is -0.534. The Kier molecular flexibility index (Phi) is 12.7. The molecule has 0 aliphatic carbocycles. The van der Waals surface area contributed by atoms with Gasteiger partial charge in [0.1, 0.15) is 17.7 Å². The van der Waals surface area contributed by atoms with Crippen molar-refractivity contribution in [2.24, 2.45) is 0 Å². The van der Waals surface area contributed by atoms with Crippen molar-refractivity contribution in [3.05, 3.63) is 70.8 Å². The van der Waals surface area contributed by atoms with Crippen LogP contribution in [0.5, 0.6) is 0 Å². The summed E-state index contributed by atoms with van der Waals surface area (Å²) in [5, 5.41) is 5.92. The molecular weight excluding hydrogens is 502 g/mol. The smallest absolute Gasteiger partial charge is 0.408 e. The normalized spacial score (nSPS) is 13.6. The van der Waals surface area contributed by atoms with E-state index in [-0.39, 0.29) is 24.3 Å². The van der Waals surface area contributed by atoms with Crippen molar-refractivity contribution in [1.82, 2.24) is 15.5 Å². The Hall–Kier alpha value is -3.35. The SMILES string of the molecule is CCCCCNC(=O)C(c1cccc(C)c1C)N(C(=O)C(Cc1ccccc1)NC(=O)OC(C)(C)C)C(C)CC. The largest absolute Gasteiger partial charge is 0.444 e. The van der Waals surface area contributed by atoms with Crippen molar-refractivity contribution in [3.8, 4) is 0 Å². The highest BCUT2D eigenvalue weighted by Crippen LogP contribution is 2.30. The first-order valence-electron chi connectivity index (χ1n) is 14.6. The first-order chi connectivity index (χ1) is 18.9. The number of hydrogen-bond donors (Lipinski definition) is 2. The van der Waals surface area contributed by atoms with Gasteiger partial charge in [-0.2, -0.15) is 0 Å². The van der Waals surface area contributed by atoms with E-state index in [0.29, 0.717) is 13.0 Å². The molecule has 2 rings (SSSR count). The number of unbranched alkanes of at least 4 members (excludes halogenated alkanes) is 2. The van der Waals surface area contributed by atoms with Crippen molar-refractivity contribution in [2.45, 2.75) is 111 Å². The molecule has 0 aliphatic rings. The summed E-state index contributed by atoms with van der Waals surface area (Å²) in [6, 6.07) is 13.4. The number of rotatable bonds is 13. The predicted molar refractivity (Wildman–Crippen MR) is 161 cm³/mol. The average Bonchev–Trinajstić information content (AvgIpc) is 2.90. The summed E-state index contributed by atoms with van der Waals surface area (Å²) in [6.07, 6.45) is 3.17. The molecule has 7 heteroatoms. The number of carbonyl (C=O) groups is 3. The highest BCUT2D eigenvalue weighted by Gasteiger charge is 2.39. The van der Waals surface area contributed by atoms with Crippen LogP contribution in [-0.4, -0.2) is 47.0 Å². The zero-order chi connectivity index (χ0) is 29.9. The maximum Gasteiger partial charge on any atom is 0.408 e. The summed E-state index contributed by atoms with van der Waals surface area (Å²) in [7, 11) is 0. The molecule has 2 aromatic rings. The van der Waals surface area contributed by atoms with E-state index in [1.165, 1.54) is 0 Å². The van der Waals surface area contributed by atoms with E-state index >= 15 is 0 Å². The molecule has 3 atom stereocenters. The summed E-state index contributed by atoms with van der Waals surface area (Å²) < 4.78 is 5.53. The van der Waals surface area contributed by atoms with E-state index < -0.39 is 23.8 Å². The van der Waals surface area contributed by atoms with Gasteiger partial charge >= 0.3 is 6.09 Å². The lowest BCUT2D eigenvalue weighted by Gasteiger charge is -2.39. The average molecular weight is 552 g/mol. The molecule has 40 heavy (non-hydrogen) atoms. The fourth-order valence-electron chi connectivity index (χ4n) is 4.65. The van der Waals surface area contributed by atoms with Gasteiger partial charge in [-0.3, -0.25) is 9.59 Å². The van der Waals surface area contributed by atoms with Gasteiger partial charge in [0, 0.05) is 19.0 Å². The van der Waals surface area contributed by atoms with Crippen molar-refractivity contribution < 1.29 is 19.1 Å². The van der Waals surface area contributed by atoms with Crippen LogP contribution in [0.25, 0.3) is 0 Å². The van der Waals surface area contributed by atoms with Gasteiger partial charge in [0.25, 0.3) is 0 Å². The molecule has 0 radical (unpaired) electrons. The number of aryl methyl sites for hydroxylation is 1. The number of ether oxygens (including phenoxy) is 1. The Morgan fingerprint density at radius 1 is 0.950 bits per heavy atom. The third kappa shape index (κ3) is 9.68. The van der Waals surface area contributed by atoms with Crippen LogP contribution in [0.2, 0.25) is 0 Å². The van der Waals surface area contributed by atoms with Gasteiger partial charge in [-0.1, -0.05) is 75.2 Å². The van der Waals surface area contributed by atoms with Crippen LogP contribution in [0.15, 0.2) is 48.5 Å². The summed E-state index contributed by atoms with van der Waals surface area (Å²) >= 11 is 0. The fourth-order valence-corrected chi connectivity index (χ4v) is 4.65. The van der Waals surface area contributed by atoms with Crippen molar-refractivity contribution in [3.63, 3.8) is 0 Å². The molecule has 0 aliphatic heterocycles. The Labute approximate surface area is 241 Å². The van der Waals surface area contributed by atoms with Crippen LogP contribution in [0.1, 0.15) is 95.5 Å². The van der Waals surface area contributed by atoms with E-state index in [1.807, 2.05) is 76.2 Å². The minimum absolute atomic E-state index is 0.214. The molecule has 0 heterocycles. The van der Waals surface area contributed by atoms with Gasteiger partial charge in [-0.05, 0) is 76.6 Å². The monoisotopic (exact) mass is 551 g/mol. The van der Waals surface area contributed by atoms with Gasteiger partial charge in [-0.25, -0.2) is 4.79 Å². The third-order valence-electron chi connectivity index (χ3n) is 7.14. The van der Waals surface area contributed by atoms with Crippen LogP contribution in [0, 0.1) is 13.8 Å². The highest BCUT2D eigenvalue weighted by molar-refractivity contribution is 5.92. The molecule has 0 saturated carbocycles. The second-order valence-corrected chi connectivity index (χ2v) is 11.6. The molecule has 2 N–H and O–H groups in total. The minimum Gasteiger partial charge on any atom is -0.444 e. The molecule has 0 aromatic heterocycles. The number of amides is 3. The highest BCUT2D eigenvalue weighted by atomic mass is 16.6. The predicted octanol–water partition coefficient (Wildman–Crippen LogP) is 6.41. The van der Waals surface area contributed by atoms with Crippen molar-refractivity contribution >= 4 is 17.9 Å². The maximum absolute atomic E-state index is 14.5. The van der Waals surface area contributed by atoms with E-state index in [2.05, 4.69) is 17.6 Å². The third-order valence-corrected chi connectivity index (χ3v) is 7.14. The van der Waals surface area contributed by atoms with Crippen LogP contribution >= 0.6 is 0 Å². The standard InChI is InChI=1S/C33H49N3O4/c1-9-11-15-21-34-30(37)29(27-20-16-17-23(3)25(27)5)36(24(4)10-2)31(38)28(22-26-18-13-12-14-19-26)35-32(39)40-33(6,7)8/h12-14,16-20,24,28-29H,9-11,15,21-22H2,1-8H3,(H,34,37)(H,35,39). The first-order valence-corrected chi connectivity index (χ1v) is 14.6. The Morgan fingerprint density at radius 3 is 2.23 bits per heavy atom. The Bertz CT molecular complexity index is 1110. The molecule has 2 aromatic carbocycles. The first kappa shape index (κ1) is 32.9. The number of nitrogens with zero attached hydrogens (tertiary/aromatic N) is 1. The number of nitrogens with one attached hydrogen (secondary N) is 2. The zero-order valence-electron chi connectivity index (χ0n) is 25.7. The van der Waals surface area contributed by atoms with Crippen LogP contribution in [-0.2, 0) is 20.7 Å². The topological polar surface area (TPSA) is 87.7 Å². The van der Waals surface area contributed by atoms with Gasteiger partial charge in [0.15, 0.2) is 0 Å². The number of carbonyl (C=O) groups excluding carboxylic acids is 3. The molecule has 0 spiro atoms. The molecule has 0 fully saturated rings. The van der Waals surface area contributed by atoms with Gasteiger partial charge in [-0.15, -0.1) is 0 Å². The number of alkyl carbamates (subject to hydrolysis) is 1. The van der Waals surface area contributed by atoms with Crippen LogP contribution in [0.4, 0.5) is 4.79 Å². The fraction of sp³-hybridized carbons (Fsp3) is 0.545. The van der Waals surface area contributed by atoms with Crippen molar-refractivity contribution in [1.29, 1.82) is 0 Å². The molecular formula is C33H49N3O4. The molecule has 3 amide bonds. The second kappa shape index (κ2) is 15.4. The summed E-state index contributed by atoms with van der Waals surface area (Å²) in [6.45, 7) is 16.0. The minimum atomic E-state index is -0.924. The molecule has 0 saturated heterocycles. The summed E-state index contributed by atoms with van der Waals surface area (Å²) in [5.41, 5.74) is 2.98. The van der Waals surface area contributed by atoms with Gasteiger partial charge in [0.05, 0.1) is 0 Å². The lowest BCUT2D eigenvalue weighted by atomic mass is 9.93. The lowest BCUT2D eigenvalue weighted by Crippen LogP contribution is -2.56. The van der Waals surface area contributed by atoms with Gasteiger partial charge < -0.3 is 20.3 Å². The maximum atomic E-state index is 14.5. The van der Waals surface area contributed by atoms with E-state index in [0.717, 1.165) is 41.5 Å². The van der Waals surface area contributed by atoms with E-state index in [4.69, 9.17) is 4.74 Å². The Morgan fingerprint density at radius 2 is 1.62 bits per heavy atom. The number of hydrogen-bond acceptors (Lipinski definition) is 4. The van der Waals surface area contributed by atoms with Gasteiger partial charge in [0.2, 0.25) is 11.8 Å². The number of benzene rings is 2. The van der Waals surface area contributed by atoms with Crippen molar-refractivity contribution in [2.75, 3.05) is 6.54 Å². The molecule has 0 bridgehead atoms. The Balaban J connectivity index is 2.58. The van der Waals surface area contributed by atoms with Crippen LogP contribution < -0.4 is 10.6 Å². The molecule has 3 unspecified atom stereocenters. The quantitative estimate of drug-likeness (QED) is 0.282. The molecule has 7 nitrogen and oxygen atoms in total. The zero-order valence-corrected chi connectivity index (χ0v) is 25.7. The van der Waals surface area contributed by atoms with E-state index in [9.17, 15) is 14.4 Å². The molecule has 220 valence electrons. The second-order valence-electron chi connectivity index (χ2n) is 11.6.